The SMILES string of the molecule is CC(C)COc1nc(C2CCCO2)nc(N)c1N. The van der Waals surface area contributed by atoms with E-state index in [1.54, 1.807) is 0 Å². The van der Waals surface area contributed by atoms with Gasteiger partial charge in [-0.15, -0.1) is 0 Å². The van der Waals surface area contributed by atoms with Gasteiger partial charge in [-0.3, -0.25) is 0 Å². The van der Waals surface area contributed by atoms with Crippen LogP contribution in [-0.4, -0.2) is 23.2 Å². The van der Waals surface area contributed by atoms with Crippen LogP contribution < -0.4 is 16.2 Å². The highest BCUT2D eigenvalue weighted by molar-refractivity contribution is 5.64. The van der Waals surface area contributed by atoms with Crippen molar-refractivity contribution in [3.8, 4) is 5.88 Å². The number of hydrogen-bond acceptors (Lipinski definition) is 6. The van der Waals surface area contributed by atoms with Crippen LogP contribution in [0.2, 0.25) is 0 Å². The first-order valence-corrected chi connectivity index (χ1v) is 6.25. The number of rotatable bonds is 4. The average Bonchev–Trinajstić information content (AvgIpc) is 2.84. The Morgan fingerprint density at radius 1 is 1.39 bits per heavy atom. The third-order valence-electron chi connectivity index (χ3n) is 2.73. The number of hydrogen-bond donors (Lipinski definition) is 2. The van der Waals surface area contributed by atoms with Gasteiger partial charge in [0.1, 0.15) is 11.8 Å². The zero-order chi connectivity index (χ0) is 13.1. The minimum Gasteiger partial charge on any atom is -0.476 e. The molecular formula is C12H20N4O2. The number of ether oxygens (including phenoxy) is 2. The van der Waals surface area contributed by atoms with Crippen LogP contribution in [-0.2, 0) is 4.74 Å². The minimum atomic E-state index is -0.0886. The summed E-state index contributed by atoms with van der Waals surface area (Å²) in [6.07, 6.45) is 1.84. The highest BCUT2D eigenvalue weighted by atomic mass is 16.5. The Morgan fingerprint density at radius 3 is 2.78 bits per heavy atom. The number of aromatic nitrogens is 2. The standard InChI is InChI=1S/C12H20N4O2/c1-7(2)6-18-12-9(13)10(14)15-11(16-12)8-4-3-5-17-8/h7-8H,3-6,13H2,1-2H3,(H2,14,15,16). The quantitative estimate of drug-likeness (QED) is 0.843. The molecule has 1 aromatic heterocycles. The number of nitrogens with two attached hydrogens (primary N) is 2. The summed E-state index contributed by atoms with van der Waals surface area (Å²) in [6, 6.07) is 0. The summed E-state index contributed by atoms with van der Waals surface area (Å²) in [5.74, 6) is 1.58. The van der Waals surface area contributed by atoms with E-state index in [4.69, 9.17) is 20.9 Å². The summed E-state index contributed by atoms with van der Waals surface area (Å²) >= 11 is 0. The lowest BCUT2D eigenvalue weighted by molar-refractivity contribution is 0.104. The van der Waals surface area contributed by atoms with Gasteiger partial charge in [0.15, 0.2) is 11.6 Å². The molecule has 1 aromatic rings. The van der Waals surface area contributed by atoms with Gasteiger partial charge < -0.3 is 20.9 Å². The van der Waals surface area contributed by atoms with Gasteiger partial charge >= 0.3 is 0 Å². The summed E-state index contributed by atoms with van der Waals surface area (Å²) < 4.78 is 11.1. The molecule has 0 spiro atoms. The Kier molecular flexibility index (Phi) is 3.86. The van der Waals surface area contributed by atoms with Gasteiger partial charge in [0.05, 0.1) is 6.61 Å². The molecule has 4 N–H and O–H groups in total. The van der Waals surface area contributed by atoms with Gasteiger partial charge in [-0.1, -0.05) is 13.8 Å². The fraction of sp³-hybridized carbons (Fsp3) is 0.667. The molecule has 0 aromatic carbocycles. The molecule has 18 heavy (non-hydrogen) atoms. The van der Waals surface area contributed by atoms with Gasteiger partial charge in [-0.05, 0) is 18.8 Å². The smallest absolute Gasteiger partial charge is 0.242 e. The molecule has 0 radical (unpaired) electrons. The molecule has 1 aliphatic heterocycles. The monoisotopic (exact) mass is 252 g/mol. The lowest BCUT2D eigenvalue weighted by Crippen LogP contribution is -2.13. The predicted octanol–water partition coefficient (Wildman–Crippen LogP) is 1.53. The van der Waals surface area contributed by atoms with E-state index in [2.05, 4.69) is 23.8 Å². The normalized spacial score (nSPS) is 19.4. The number of nitrogen functional groups attached to an aromatic ring is 2. The summed E-state index contributed by atoms with van der Waals surface area (Å²) in [5.41, 5.74) is 11.9. The molecule has 1 saturated heterocycles. The van der Waals surface area contributed by atoms with Crippen LogP contribution in [0.5, 0.6) is 5.88 Å². The molecule has 0 saturated carbocycles. The maximum Gasteiger partial charge on any atom is 0.242 e. The first-order chi connectivity index (χ1) is 8.58. The molecule has 1 fully saturated rings. The summed E-state index contributed by atoms with van der Waals surface area (Å²) in [5, 5.41) is 0. The highest BCUT2D eigenvalue weighted by Gasteiger charge is 2.23. The van der Waals surface area contributed by atoms with Crippen molar-refractivity contribution in [2.45, 2.75) is 32.8 Å². The van der Waals surface area contributed by atoms with Crippen LogP contribution in [0.25, 0.3) is 0 Å². The van der Waals surface area contributed by atoms with Crippen LogP contribution >= 0.6 is 0 Å². The van der Waals surface area contributed by atoms with E-state index in [0.717, 1.165) is 19.4 Å². The highest BCUT2D eigenvalue weighted by Crippen LogP contribution is 2.31. The van der Waals surface area contributed by atoms with Gasteiger partial charge in [0.2, 0.25) is 5.88 Å². The van der Waals surface area contributed by atoms with E-state index in [1.165, 1.54) is 0 Å². The van der Waals surface area contributed by atoms with E-state index in [9.17, 15) is 0 Å². The summed E-state index contributed by atoms with van der Waals surface area (Å²) in [7, 11) is 0. The first kappa shape index (κ1) is 12.9. The maximum absolute atomic E-state index is 5.82. The third kappa shape index (κ3) is 2.81. The second kappa shape index (κ2) is 5.39. The van der Waals surface area contributed by atoms with E-state index in [-0.39, 0.29) is 11.9 Å². The van der Waals surface area contributed by atoms with Crippen molar-refractivity contribution in [2.24, 2.45) is 5.92 Å². The molecule has 2 heterocycles. The summed E-state index contributed by atoms with van der Waals surface area (Å²) in [4.78, 5) is 8.50. The number of nitrogens with zero attached hydrogens (tertiary/aromatic N) is 2. The lowest BCUT2D eigenvalue weighted by Gasteiger charge is -2.14. The molecule has 1 aliphatic rings. The minimum absolute atomic E-state index is 0.0886. The first-order valence-electron chi connectivity index (χ1n) is 6.25. The molecule has 1 atom stereocenters. The Bertz CT molecular complexity index is 417. The van der Waals surface area contributed by atoms with Crippen molar-refractivity contribution >= 4 is 11.5 Å². The van der Waals surface area contributed by atoms with Gasteiger partial charge in [0, 0.05) is 6.61 Å². The fourth-order valence-electron chi connectivity index (χ4n) is 1.76. The van der Waals surface area contributed by atoms with Crippen LogP contribution in [0.3, 0.4) is 0 Å². The van der Waals surface area contributed by atoms with Crippen molar-refractivity contribution < 1.29 is 9.47 Å². The average molecular weight is 252 g/mol. The molecule has 6 heteroatoms. The topological polar surface area (TPSA) is 96.3 Å². The van der Waals surface area contributed by atoms with E-state index in [1.807, 2.05) is 0 Å². The van der Waals surface area contributed by atoms with Crippen molar-refractivity contribution in [3.63, 3.8) is 0 Å². The molecule has 0 bridgehead atoms. The van der Waals surface area contributed by atoms with Crippen molar-refractivity contribution in [2.75, 3.05) is 24.7 Å². The molecule has 6 nitrogen and oxygen atoms in total. The molecule has 0 aliphatic carbocycles. The number of anilines is 2. The van der Waals surface area contributed by atoms with E-state index < -0.39 is 0 Å². The Balaban J connectivity index is 2.21. The molecule has 100 valence electrons. The molecule has 2 rings (SSSR count). The largest absolute Gasteiger partial charge is 0.476 e. The zero-order valence-corrected chi connectivity index (χ0v) is 10.8. The Morgan fingerprint density at radius 2 is 2.17 bits per heavy atom. The lowest BCUT2D eigenvalue weighted by atomic mass is 10.2. The van der Waals surface area contributed by atoms with E-state index >= 15 is 0 Å². The second-order valence-corrected chi connectivity index (χ2v) is 4.89. The third-order valence-corrected chi connectivity index (χ3v) is 2.73. The van der Waals surface area contributed by atoms with E-state index in [0.29, 0.717) is 29.9 Å². The van der Waals surface area contributed by atoms with Crippen molar-refractivity contribution in [1.29, 1.82) is 0 Å². The molecule has 1 unspecified atom stereocenters. The second-order valence-electron chi connectivity index (χ2n) is 4.89. The van der Waals surface area contributed by atoms with Gasteiger partial charge in [-0.25, -0.2) is 4.98 Å². The Hall–Kier alpha value is -1.56. The summed E-state index contributed by atoms with van der Waals surface area (Å²) in [6.45, 7) is 5.40. The fourth-order valence-corrected chi connectivity index (χ4v) is 1.76. The van der Waals surface area contributed by atoms with Gasteiger partial charge in [-0.2, -0.15) is 4.98 Å². The van der Waals surface area contributed by atoms with Gasteiger partial charge in [0.25, 0.3) is 0 Å². The van der Waals surface area contributed by atoms with Crippen LogP contribution in [0.1, 0.15) is 38.6 Å². The molecular weight excluding hydrogens is 232 g/mol. The van der Waals surface area contributed by atoms with Crippen molar-refractivity contribution in [1.82, 2.24) is 9.97 Å². The van der Waals surface area contributed by atoms with Crippen LogP contribution in [0, 0.1) is 5.92 Å². The van der Waals surface area contributed by atoms with Crippen LogP contribution in [0.15, 0.2) is 0 Å². The van der Waals surface area contributed by atoms with Crippen molar-refractivity contribution in [3.05, 3.63) is 5.82 Å². The zero-order valence-electron chi connectivity index (χ0n) is 10.8. The molecule has 0 amide bonds. The maximum atomic E-state index is 5.82. The van der Waals surface area contributed by atoms with Crippen LogP contribution in [0.4, 0.5) is 11.5 Å². The predicted molar refractivity (Wildman–Crippen MR) is 69.1 cm³/mol. The Labute approximate surface area is 107 Å².